The minimum atomic E-state index is -0.680. The van der Waals surface area contributed by atoms with E-state index < -0.39 is 17.6 Å². The number of nitrogens with one attached hydrogen (secondary N) is 1. The van der Waals surface area contributed by atoms with E-state index in [1.807, 2.05) is 13.8 Å². The molecule has 7 nitrogen and oxygen atoms in total. The fourth-order valence-electron chi connectivity index (χ4n) is 3.74. The van der Waals surface area contributed by atoms with Crippen LogP contribution in [0.4, 0.5) is 0 Å². The molecular formula is C18H18N2O5. The van der Waals surface area contributed by atoms with E-state index in [0.717, 1.165) is 0 Å². The van der Waals surface area contributed by atoms with Crippen LogP contribution in [0, 0.1) is 0 Å². The first-order valence-electron chi connectivity index (χ1n) is 8.29. The van der Waals surface area contributed by atoms with Gasteiger partial charge in [-0.15, -0.1) is 0 Å². The molecule has 25 heavy (non-hydrogen) atoms. The Balaban J connectivity index is 1.72. The molecule has 1 unspecified atom stereocenters. The van der Waals surface area contributed by atoms with E-state index in [0.29, 0.717) is 28.9 Å². The minimum Gasteiger partial charge on any atom is -0.486 e. The zero-order valence-corrected chi connectivity index (χ0v) is 14.0. The molecule has 0 radical (unpaired) electrons. The number of benzene rings is 1. The molecule has 0 saturated carbocycles. The number of hydrogen-bond acceptors (Lipinski definition) is 5. The molecule has 1 saturated heterocycles. The van der Waals surface area contributed by atoms with Crippen molar-refractivity contribution in [1.82, 2.24) is 10.2 Å². The first-order valence-corrected chi connectivity index (χ1v) is 8.29. The third-order valence-corrected chi connectivity index (χ3v) is 4.93. The van der Waals surface area contributed by atoms with Crippen LogP contribution in [0.2, 0.25) is 0 Å². The van der Waals surface area contributed by atoms with Gasteiger partial charge in [-0.2, -0.15) is 0 Å². The van der Waals surface area contributed by atoms with E-state index in [1.54, 1.807) is 12.1 Å². The van der Waals surface area contributed by atoms with Crippen LogP contribution in [-0.4, -0.2) is 40.0 Å². The molecule has 1 atom stereocenters. The van der Waals surface area contributed by atoms with Crippen molar-refractivity contribution in [1.29, 1.82) is 0 Å². The summed E-state index contributed by atoms with van der Waals surface area (Å²) in [7, 11) is 0. The number of imide groups is 1. The molecule has 3 aliphatic rings. The summed E-state index contributed by atoms with van der Waals surface area (Å²) in [5.41, 5.74) is 0.947. The Morgan fingerprint density at radius 1 is 1.16 bits per heavy atom. The average Bonchev–Trinajstić information content (AvgIpc) is 2.84. The van der Waals surface area contributed by atoms with E-state index in [-0.39, 0.29) is 37.0 Å². The van der Waals surface area contributed by atoms with Crippen LogP contribution in [0.1, 0.15) is 59.4 Å². The second kappa shape index (κ2) is 5.15. The van der Waals surface area contributed by atoms with Gasteiger partial charge in [0, 0.05) is 17.5 Å². The van der Waals surface area contributed by atoms with Gasteiger partial charge in [-0.3, -0.25) is 24.5 Å². The Hall–Kier alpha value is -2.70. The van der Waals surface area contributed by atoms with E-state index in [2.05, 4.69) is 5.32 Å². The largest absolute Gasteiger partial charge is 0.486 e. The van der Waals surface area contributed by atoms with Crippen LogP contribution in [0.5, 0.6) is 5.75 Å². The fourth-order valence-corrected chi connectivity index (χ4v) is 3.74. The molecule has 3 heterocycles. The highest BCUT2D eigenvalue weighted by Crippen LogP contribution is 2.41. The van der Waals surface area contributed by atoms with Crippen LogP contribution < -0.4 is 10.1 Å². The molecule has 1 N–H and O–H groups in total. The van der Waals surface area contributed by atoms with Gasteiger partial charge in [0.05, 0.1) is 18.5 Å². The maximum atomic E-state index is 12.8. The minimum absolute atomic E-state index is 0.0130. The molecule has 0 aliphatic carbocycles. The lowest BCUT2D eigenvalue weighted by molar-refractivity contribution is -0.136. The van der Waals surface area contributed by atoms with Gasteiger partial charge >= 0.3 is 0 Å². The van der Waals surface area contributed by atoms with Gasteiger partial charge in [-0.05, 0) is 32.4 Å². The van der Waals surface area contributed by atoms with Gasteiger partial charge in [-0.25, -0.2) is 0 Å². The summed E-state index contributed by atoms with van der Waals surface area (Å²) in [4.78, 5) is 50.1. The van der Waals surface area contributed by atoms with Crippen molar-refractivity contribution in [3.05, 3.63) is 28.8 Å². The number of ketones is 1. The normalized spacial score (nSPS) is 24.6. The fraction of sp³-hybridized carbons (Fsp3) is 0.444. The summed E-state index contributed by atoms with van der Waals surface area (Å²) < 4.78 is 6.01. The Bertz CT molecular complexity index is 842. The van der Waals surface area contributed by atoms with Crippen LogP contribution in [0.25, 0.3) is 0 Å². The van der Waals surface area contributed by atoms with Crippen LogP contribution in [-0.2, 0) is 16.1 Å². The predicted octanol–water partition coefficient (Wildman–Crippen LogP) is 1.19. The smallest absolute Gasteiger partial charge is 0.255 e. The Morgan fingerprint density at radius 2 is 1.88 bits per heavy atom. The number of rotatable bonds is 1. The van der Waals surface area contributed by atoms with Crippen molar-refractivity contribution < 1.29 is 23.9 Å². The molecule has 3 amide bonds. The predicted molar refractivity (Wildman–Crippen MR) is 86.1 cm³/mol. The van der Waals surface area contributed by atoms with Gasteiger partial charge in [0.1, 0.15) is 17.4 Å². The van der Waals surface area contributed by atoms with Crippen molar-refractivity contribution >= 4 is 23.5 Å². The molecule has 0 aromatic heterocycles. The maximum absolute atomic E-state index is 12.8. The number of nitrogens with zero attached hydrogens (tertiary/aromatic N) is 1. The number of amides is 3. The van der Waals surface area contributed by atoms with Gasteiger partial charge in [0.25, 0.3) is 5.91 Å². The number of piperidine rings is 1. The van der Waals surface area contributed by atoms with Gasteiger partial charge in [-0.1, -0.05) is 0 Å². The highest BCUT2D eigenvalue weighted by molar-refractivity contribution is 6.08. The van der Waals surface area contributed by atoms with Gasteiger partial charge in [0.15, 0.2) is 5.78 Å². The zero-order valence-electron chi connectivity index (χ0n) is 14.0. The van der Waals surface area contributed by atoms with Crippen LogP contribution in [0.3, 0.4) is 0 Å². The third kappa shape index (κ3) is 2.42. The van der Waals surface area contributed by atoms with Crippen molar-refractivity contribution in [3.8, 4) is 5.75 Å². The zero-order chi connectivity index (χ0) is 17.9. The molecule has 1 fully saturated rings. The topological polar surface area (TPSA) is 92.8 Å². The number of carbonyl (C=O) groups is 4. The Labute approximate surface area is 144 Å². The van der Waals surface area contributed by atoms with E-state index in [9.17, 15) is 19.2 Å². The molecule has 0 spiro atoms. The molecule has 1 aromatic carbocycles. The quantitative estimate of drug-likeness (QED) is 0.774. The molecule has 3 aliphatic heterocycles. The monoisotopic (exact) mass is 342 g/mol. The summed E-state index contributed by atoms with van der Waals surface area (Å²) in [6.45, 7) is 3.87. The highest BCUT2D eigenvalue weighted by Gasteiger charge is 2.43. The second-order valence-electron chi connectivity index (χ2n) is 7.33. The maximum Gasteiger partial charge on any atom is 0.255 e. The van der Waals surface area contributed by atoms with E-state index in [1.165, 1.54) is 4.90 Å². The van der Waals surface area contributed by atoms with Crippen molar-refractivity contribution in [3.63, 3.8) is 0 Å². The average molecular weight is 342 g/mol. The SMILES string of the molecule is CC1(C)CC(=O)c2ccc3c(c2O1)CN(C1CCC(=O)NC1=O)C3=O. The summed E-state index contributed by atoms with van der Waals surface area (Å²) >= 11 is 0. The first kappa shape index (κ1) is 15.8. The standard InChI is InChI=1S/C18H18N2O5/c1-18(2)7-13(21)10-4-3-9-11(15(10)25-18)8-20(17(9)24)12-5-6-14(22)19-16(12)23/h3-4,12H,5-8H2,1-2H3,(H,19,22,23). The lowest BCUT2D eigenvalue weighted by Crippen LogP contribution is -2.52. The number of hydrogen-bond donors (Lipinski definition) is 1. The van der Waals surface area contributed by atoms with E-state index >= 15 is 0 Å². The highest BCUT2D eigenvalue weighted by atomic mass is 16.5. The van der Waals surface area contributed by atoms with Crippen molar-refractivity contribution in [2.45, 2.75) is 51.3 Å². The van der Waals surface area contributed by atoms with Crippen molar-refractivity contribution in [2.75, 3.05) is 0 Å². The summed E-state index contributed by atoms with van der Waals surface area (Å²) in [6, 6.07) is 2.57. The molecule has 4 rings (SSSR count). The number of fused-ring (bicyclic) bond motifs is 3. The van der Waals surface area contributed by atoms with Crippen molar-refractivity contribution in [2.24, 2.45) is 0 Å². The molecule has 1 aromatic rings. The van der Waals surface area contributed by atoms with Crippen LogP contribution >= 0.6 is 0 Å². The first-order chi connectivity index (χ1) is 11.8. The van der Waals surface area contributed by atoms with E-state index in [4.69, 9.17) is 4.74 Å². The Morgan fingerprint density at radius 3 is 2.60 bits per heavy atom. The molecule has 130 valence electrons. The number of carbonyl (C=O) groups excluding carboxylic acids is 4. The number of Topliss-reactive ketones (excluding diaryl/α,β-unsaturated/α-hetero) is 1. The molecule has 0 bridgehead atoms. The molecular weight excluding hydrogens is 324 g/mol. The second-order valence-corrected chi connectivity index (χ2v) is 7.33. The van der Waals surface area contributed by atoms with Crippen LogP contribution in [0.15, 0.2) is 12.1 Å². The van der Waals surface area contributed by atoms with Gasteiger partial charge < -0.3 is 9.64 Å². The summed E-state index contributed by atoms with van der Waals surface area (Å²) in [6.07, 6.45) is 0.790. The summed E-state index contributed by atoms with van der Waals surface area (Å²) in [5.74, 6) is -0.614. The van der Waals surface area contributed by atoms with Gasteiger partial charge in [0.2, 0.25) is 11.8 Å². The summed E-state index contributed by atoms with van der Waals surface area (Å²) in [5, 5.41) is 2.28. The third-order valence-electron chi connectivity index (χ3n) is 4.93. The lowest BCUT2D eigenvalue weighted by Gasteiger charge is -2.33. The Kier molecular flexibility index (Phi) is 3.25. The molecule has 7 heteroatoms. The lowest BCUT2D eigenvalue weighted by atomic mass is 9.90. The number of ether oxygens (including phenoxy) is 1.